The SMILES string of the molecule is CNCC1(CN(C)CC2CCN(C)CC2)CCCOC1. The predicted molar refractivity (Wildman–Crippen MR) is 84.1 cm³/mol. The third-order valence-electron chi connectivity index (χ3n) is 4.97. The normalized spacial score (nSPS) is 30.0. The molecule has 2 aliphatic heterocycles. The molecule has 2 aliphatic rings. The van der Waals surface area contributed by atoms with Crippen LogP contribution in [0, 0.1) is 11.3 Å². The van der Waals surface area contributed by atoms with Crippen molar-refractivity contribution in [1.29, 1.82) is 0 Å². The van der Waals surface area contributed by atoms with Crippen molar-refractivity contribution in [2.75, 3.05) is 67.1 Å². The summed E-state index contributed by atoms with van der Waals surface area (Å²) in [6.45, 7) is 7.90. The molecule has 0 radical (unpaired) electrons. The van der Waals surface area contributed by atoms with Crippen molar-refractivity contribution >= 4 is 0 Å². The Bertz CT molecular complexity index is 265. The lowest BCUT2D eigenvalue weighted by atomic mass is 9.81. The Morgan fingerprint density at radius 2 is 2.10 bits per heavy atom. The van der Waals surface area contributed by atoms with Crippen LogP contribution in [0.5, 0.6) is 0 Å². The van der Waals surface area contributed by atoms with E-state index in [0.717, 1.165) is 25.7 Å². The fraction of sp³-hybridized carbons (Fsp3) is 1.00. The highest BCUT2D eigenvalue weighted by Crippen LogP contribution is 2.29. The molecule has 118 valence electrons. The van der Waals surface area contributed by atoms with Gasteiger partial charge in [0.05, 0.1) is 6.61 Å². The van der Waals surface area contributed by atoms with E-state index in [1.54, 1.807) is 0 Å². The summed E-state index contributed by atoms with van der Waals surface area (Å²) in [6, 6.07) is 0. The van der Waals surface area contributed by atoms with Gasteiger partial charge in [0.15, 0.2) is 0 Å². The van der Waals surface area contributed by atoms with E-state index in [9.17, 15) is 0 Å². The van der Waals surface area contributed by atoms with E-state index in [2.05, 4.69) is 36.3 Å². The largest absolute Gasteiger partial charge is 0.381 e. The molecule has 0 aromatic carbocycles. The number of rotatable bonds is 6. The molecule has 2 fully saturated rings. The van der Waals surface area contributed by atoms with Crippen molar-refractivity contribution in [3.8, 4) is 0 Å². The van der Waals surface area contributed by atoms with Crippen molar-refractivity contribution in [1.82, 2.24) is 15.1 Å². The molecule has 2 heterocycles. The quantitative estimate of drug-likeness (QED) is 0.795. The van der Waals surface area contributed by atoms with Crippen LogP contribution in [0.2, 0.25) is 0 Å². The van der Waals surface area contributed by atoms with E-state index >= 15 is 0 Å². The number of hydrogen-bond acceptors (Lipinski definition) is 4. The van der Waals surface area contributed by atoms with Crippen molar-refractivity contribution in [3.63, 3.8) is 0 Å². The van der Waals surface area contributed by atoms with Gasteiger partial charge < -0.3 is 19.9 Å². The fourth-order valence-electron chi connectivity index (χ4n) is 3.93. The smallest absolute Gasteiger partial charge is 0.0546 e. The Balaban J connectivity index is 1.80. The summed E-state index contributed by atoms with van der Waals surface area (Å²) in [5, 5.41) is 3.38. The van der Waals surface area contributed by atoms with E-state index in [0.29, 0.717) is 5.41 Å². The second kappa shape index (κ2) is 7.74. The van der Waals surface area contributed by atoms with Crippen LogP contribution in [0.25, 0.3) is 0 Å². The van der Waals surface area contributed by atoms with Crippen LogP contribution in [0.1, 0.15) is 25.7 Å². The molecule has 0 spiro atoms. The molecular weight excluding hydrogens is 250 g/mol. The first-order chi connectivity index (χ1) is 9.63. The summed E-state index contributed by atoms with van der Waals surface area (Å²) in [7, 11) is 6.60. The van der Waals surface area contributed by atoms with Crippen molar-refractivity contribution in [2.24, 2.45) is 11.3 Å². The molecule has 0 saturated carbocycles. The third-order valence-corrected chi connectivity index (χ3v) is 4.97. The van der Waals surface area contributed by atoms with E-state index in [-0.39, 0.29) is 0 Å². The lowest BCUT2D eigenvalue weighted by molar-refractivity contribution is -0.0244. The Labute approximate surface area is 124 Å². The van der Waals surface area contributed by atoms with Gasteiger partial charge in [0, 0.05) is 31.7 Å². The van der Waals surface area contributed by atoms with Gasteiger partial charge in [-0.25, -0.2) is 0 Å². The van der Waals surface area contributed by atoms with Crippen LogP contribution >= 0.6 is 0 Å². The van der Waals surface area contributed by atoms with Gasteiger partial charge in [-0.1, -0.05) is 0 Å². The molecule has 20 heavy (non-hydrogen) atoms. The van der Waals surface area contributed by atoms with E-state index in [1.807, 2.05) is 0 Å². The summed E-state index contributed by atoms with van der Waals surface area (Å²) >= 11 is 0. The summed E-state index contributed by atoms with van der Waals surface area (Å²) in [5.41, 5.74) is 0.327. The molecule has 0 amide bonds. The monoisotopic (exact) mass is 283 g/mol. The second-order valence-electron chi connectivity index (χ2n) is 7.13. The van der Waals surface area contributed by atoms with Crippen molar-refractivity contribution in [2.45, 2.75) is 25.7 Å². The minimum atomic E-state index is 0.327. The molecule has 4 heteroatoms. The second-order valence-corrected chi connectivity index (χ2v) is 7.13. The number of nitrogens with zero attached hydrogens (tertiary/aromatic N) is 2. The van der Waals surface area contributed by atoms with E-state index in [4.69, 9.17) is 4.74 Å². The lowest BCUT2D eigenvalue weighted by Gasteiger charge is -2.41. The van der Waals surface area contributed by atoms with Gasteiger partial charge >= 0.3 is 0 Å². The summed E-state index contributed by atoms with van der Waals surface area (Å²) in [4.78, 5) is 5.01. The van der Waals surface area contributed by atoms with Gasteiger partial charge in [0.25, 0.3) is 0 Å². The van der Waals surface area contributed by atoms with Crippen molar-refractivity contribution in [3.05, 3.63) is 0 Å². The van der Waals surface area contributed by atoms with Gasteiger partial charge in [-0.3, -0.25) is 0 Å². The zero-order chi connectivity index (χ0) is 14.4. The van der Waals surface area contributed by atoms with Gasteiger partial charge in [-0.2, -0.15) is 0 Å². The van der Waals surface area contributed by atoms with Crippen LogP contribution in [-0.2, 0) is 4.74 Å². The van der Waals surface area contributed by atoms with Crippen LogP contribution < -0.4 is 5.32 Å². The highest BCUT2D eigenvalue weighted by atomic mass is 16.5. The van der Waals surface area contributed by atoms with Gasteiger partial charge in [0.2, 0.25) is 0 Å². The number of likely N-dealkylation sites (tertiary alicyclic amines) is 1. The minimum Gasteiger partial charge on any atom is -0.381 e. The topological polar surface area (TPSA) is 27.7 Å². The minimum absolute atomic E-state index is 0.327. The van der Waals surface area contributed by atoms with Crippen LogP contribution in [0.3, 0.4) is 0 Å². The average molecular weight is 283 g/mol. The maximum Gasteiger partial charge on any atom is 0.0546 e. The first-order valence-electron chi connectivity index (χ1n) is 8.23. The lowest BCUT2D eigenvalue weighted by Crippen LogP contribution is -2.48. The zero-order valence-corrected chi connectivity index (χ0v) is 13.7. The Hall–Kier alpha value is -0.160. The number of nitrogens with one attached hydrogen (secondary N) is 1. The summed E-state index contributed by atoms with van der Waals surface area (Å²) in [6.07, 6.45) is 5.22. The highest BCUT2D eigenvalue weighted by Gasteiger charge is 2.34. The molecule has 2 saturated heterocycles. The van der Waals surface area contributed by atoms with E-state index in [1.165, 1.54) is 51.9 Å². The number of ether oxygens (including phenoxy) is 1. The molecule has 1 N–H and O–H groups in total. The van der Waals surface area contributed by atoms with Crippen LogP contribution in [0.4, 0.5) is 0 Å². The zero-order valence-electron chi connectivity index (χ0n) is 13.7. The average Bonchev–Trinajstić information content (AvgIpc) is 2.42. The molecule has 0 aromatic rings. The van der Waals surface area contributed by atoms with Crippen LogP contribution in [-0.4, -0.2) is 76.9 Å². The Morgan fingerprint density at radius 3 is 2.70 bits per heavy atom. The summed E-state index contributed by atoms with van der Waals surface area (Å²) < 4.78 is 5.77. The van der Waals surface area contributed by atoms with Crippen molar-refractivity contribution < 1.29 is 4.74 Å². The third kappa shape index (κ3) is 4.69. The molecule has 2 rings (SSSR count). The number of piperidine rings is 1. The molecule has 1 unspecified atom stereocenters. The van der Waals surface area contributed by atoms with E-state index < -0.39 is 0 Å². The van der Waals surface area contributed by atoms with Gasteiger partial charge in [0.1, 0.15) is 0 Å². The predicted octanol–water partition coefficient (Wildman–Crippen LogP) is 1.28. The Kier molecular flexibility index (Phi) is 6.27. The molecule has 0 aliphatic carbocycles. The molecule has 1 atom stereocenters. The Morgan fingerprint density at radius 1 is 1.35 bits per heavy atom. The van der Waals surface area contributed by atoms with Gasteiger partial charge in [-0.05, 0) is 65.8 Å². The highest BCUT2D eigenvalue weighted by molar-refractivity contribution is 4.87. The molecule has 0 aromatic heterocycles. The van der Waals surface area contributed by atoms with Crippen LogP contribution in [0.15, 0.2) is 0 Å². The standard InChI is InChI=1S/C16H33N3O/c1-17-12-16(7-4-10-20-14-16)13-19(3)11-15-5-8-18(2)9-6-15/h15,17H,4-14H2,1-3H3. The maximum atomic E-state index is 5.77. The molecule has 4 nitrogen and oxygen atoms in total. The first-order valence-corrected chi connectivity index (χ1v) is 8.23. The fourth-order valence-corrected chi connectivity index (χ4v) is 3.93. The van der Waals surface area contributed by atoms with Gasteiger partial charge in [-0.15, -0.1) is 0 Å². The molecule has 0 bridgehead atoms. The summed E-state index contributed by atoms with van der Waals surface area (Å²) in [5.74, 6) is 0.882. The maximum absolute atomic E-state index is 5.77. The number of hydrogen-bond donors (Lipinski definition) is 1. The first kappa shape index (κ1) is 16.2. The molecular formula is C16H33N3O.